The third-order valence-electron chi connectivity index (χ3n) is 25.4. The Hall–Kier alpha value is -1.98. The molecule has 2 unspecified atom stereocenters. The lowest BCUT2D eigenvalue weighted by Crippen LogP contribution is -2.58. The Balaban J connectivity index is 0.910. The Morgan fingerprint density at radius 1 is 0.474 bits per heavy atom. The number of rotatable bonds is 6. The van der Waals surface area contributed by atoms with Gasteiger partial charge in [-0.25, -0.2) is 0 Å². The van der Waals surface area contributed by atoms with Gasteiger partial charge in [0.05, 0.1) is 30.1 Å². The van der Waals surface area contributed by atoms with Crippen LogP contribution in [0.5, 0.6) is 0 Å². The van der Waals surface area contributed by atoms with Gasteiger partial charge in [0.1, 0.15) is 11.6 Å². The van der Waals surface area contributed by atoms with Gasteiger partial charge in [-0.15, -0.1) is 0 Å². The third-order valence-corrected chi connectivity index (χ3v) is 26.8. The Kier molecular flexibility index (Phi) is 18.3. The zero-order chi connectivity index (χ0) is 56.3. The Morgan fingerprint density at radius 2 is 0.833 bits per heavy atom. The molecule has 0 radical (unpaired) electrons. The summed E-state index contributed by atoms with van der Waals surface area (Å²) in [5, 5.41) is 24.4. The van der Waals surface area contributed by atoms with Crippen LogP contribution < -0.4 is 0 Å². The van der Waals surface area contributed by atoms with E-state index in [1.165, 1.54) is 9.80 Å². The average Bonchev–Trinajstić information content (AvgIpc) is 4.00. The van der Waals surface area contributed by atoms with E-state index in [2.05, 4.69) is 41.5 Å². The molecule has 12 rings (SSSR count). The van der Waals surface area contributed by atoms with Crippen molar-refractivity contribution in [2.75, 3.05) is 37.7 Å². The highest BCUT2D eigenvalue weighted by Crippen LogP contribution is 2.71. The first-order valence-corrected chi connectivity index (χ1v) is 34.7. The van der Waals surface area contributed by atoms with E-state index in [1.807, 2.05) is 0 Å². The number of fused-ring (bicyclic) bond motifs is 2. The summed E-state index contributed by atoms with van der Waals surface area (Å²) in [6.07, 6.45) is 19.4. The van der Waals surface area contributed by atoms with Crippen molar-refractivity contribution in [2.45, 2.75) is 221 Å². The highest BCUT2D eigenvalue weighted by molar-refractivity contribution is 7.86. The van der Waals surface area contributed by atoms with Crippen LogP contribution in [0.2, 0.25) is 0 Å². The molecule has 8 saturated carbocycles. The number of carbonyl (C=O) groups is 4. The second kappa shape index (κ2) is 23.6. The van der Waals surface area contributed by atoms with E-state index in [-0.39, 0.29) is 107 Å². The van der Waals surface area contributed by atoms with Crippen LogP contribution in [0.4, 0.5) is 0 Å². The molecule has 0 aromatic rings. The molecule has 14 nitrogen and oxygen atoms in total. The molecule has 12 aliphatic rings. The maximum absolute atomic E-state index is 13.9. The molecule has 4 heterocycles. The standard InChI is InChI=1S/C62H102N2O12S2/c1-39-10-8-26-63(28-30-77(71,72)73)55(69)12-7-13-56(70)64(29-31-78(74,75)76)27-9-11-40(2)48-15-17-50-58-52(21-25-62(48,50)6)60(4)23-19-42(33-44(60)37-54(58)68)35-46(66)38-45(65)34-41-18-22-59(3)43(32-41)36-53(67)57-49-16-14-47(39)61(49,5)24-20-51(57)59/h39-44,47-54,57-58,67-68H,7-38H2,1-6H3,(H,71,72,73)(H,74,75,76)/t39-,40-,41-,42+,43?,44?,47+,48+,49+,50-,51+,52-,53+,54-,57+,58-,59+,60-,61-,62+/m0/s1. The van der Waals surface area contributed by atoms with Crippen LogP contribution in [0, 0.1) is 105 Å². The van der Waals surface area contributed by atoms with Gasteiger partial charge in [-0.3, -0.25) is 28.3 Å². The van der Waals surface area contributed by atoms with Crippen molar-refractivity contribution in [1.82, 2.24) is 9.80 Å². The highest BCUT2D eigenvalue weighted by atomic mass is 32.2. The number of aliphatic hydroxyl groups excluding tert-OH is 2. The minimum atomic E-state index is -4.35. The second-order valence-electron chi connectivity index (χ2n) is 29.4. The Bertz CT molecular complexity index is 2260. The predicted octanol–water partition coefficient (Wildman–Crippen LogP) is 10.2. The summed E-state index contributed by atoms with van der Waals surface area (Å²) in [5.41, 5.74) is 0.324. The van der Waals surface area contributed by atoms with Gasteiger partial charge in [-0.1, -0.05) is 41.5 Å². The molecule has 13 bridgehead atoms. The van der Waals surface area contributed by atoms with Crippen LogP contribution in [0.15, 0.2) is 0 Å². The molecule has 16 heteroatoms. The summed E-state index contributed by atoms with van der Waals surface area (Å²) in [7, 11) is -8.70. The monoisotopic (exact) mass is 1130 g/mol. The number of hydrogen-bond donors (Lipinski definition) is 4. The number of Topliss-reactive ketones (excluding diaryl/α,β-unsaturated/α-hetero) is 2. The fraction of sp³-hybridized carbons (Fsp3) is 0.935. The smallest absolute Gasteiger partial charge is 0.266 e. The van der Waals surface area contributed by atoms with Crippen LogP contribution in [0.3, 0.4) is 0 Å². The molecule has 444 valence electrons. The molecule has 0 aromatic heterocycles. The van der Waals surface area contributed by atoms with Gasteiger partial charge in [0.2, 0.25) is 11.8 Å². The van der Waals surface area contributed by atoms with Crippen LogP contribution >= 0.6 is 0 Å². The van der Waals surface area contributed by atoms with E-state index < -0.39 is 43.9 Å². The molecular formula is C62H102N2O12S2. The number of ketones is 2. The lowest BCUT2D eigenvalue weighted by atomic mass is 9.43. The van der Waals surface area contributed by atoms with Gasteiger partial charge in [-0.2, -0.15) is 16.8 Å². The van der Waals surface area contributed by atoms with Gasteiger partial charge in [0, 0.05) is 51.9 Å². The van der Waals surface area contributed by atoms with Gasteiger partial charge < -0.3 is 20.0 Å². The van der Waals surface area contributed by atoms with E-state index in [1.54, 1.807) is 0 Å². The summed E-state index contributed by atoms with van der Waals surface area (Å²) < 4.78 is 67.2. The first-order chi connectivity index (χ1) is 36.6. The molecule has 4 N–H and O–H groups in total. The second-order valence-corrected chi connectivity index (χ2v) is 32.6. The van der Waals surface area contributed by atoms with E-state index in [0.717, 1.165) is 116 Å². The van der Waals surface area contributed by atoms with Crippen molar-refractivity contribution in [2.24, 2.45) is 105 Å². The minimum Gasteiger partial charge on any atom is -0.393 e. The topological polar surface area (TPSA) is 224 Å². The highest BCUT2D eigenvalue weighted by Gasteiger charge is 2.65. The molecule has 20 atom stereocenters. The normalized spacial score (nSPS) is 45.8. The first kappa shape index (κ1) is 60.6. The number of amides is 2. The Labute approximate surface area is 469 Å². The molecular weight excluding hydrogens is 1030 g/mol. The van der Waals surface area contributed by atoms with E-state index in [4.69, 9.17) is 0 Å². The summed E-state index contributed by atoms with van der Waals surface area (Å²) >= 11 is 0. The molecule has 4 aliphatic heterocycles. The maximum atomic E-state index is 13.9. The number of hydrogen-bond acceptors (Lipinski definition) is 10. The zero-order valence-electron chi connectivity index (χ0n) is 48.6. The maximum Gasteiger partial charge on any atom is 0.266 e. The van der Waals surface area contributed by atoms with E-state index in [0.29, 0.717) is 98.0 Å². The van der Waals surface area contributed by atoms with Crippen molar-refractivity contribution >= 4 is 43.6 Å². The summed E-state index contributed by atoms with van der Waals surface area (Å²) in [4.78, 5) is 58.3. The Morgan fingerprint density at radius 3 is 1.22 bits per heavy atom. The molecule has 4 saturated heterocycles. The molecule has 8 aliphatic carbocycles. The number of nitrogens with zero attached hydrogens (tertiary/aromatic N) is 2. The minimum absolute atomic E-state index is 0.0128. The summed E-state index contributed by atoms with van der Waals surface area (Å²) in [6.45, 7) is 14.8. The molecule has 0 spiro atoms. The fourth-order valence-corrected chi connectivity index (χ4v) is 22.3. The zero-order valence-corrected chi connectivity index (χ0v) is 50.3. The van der Waals surface area contributed by atoms with Crippen molar-refractivity contribution in [1.29, 1.82) is 0 Å². The lowest BCUT2D eigenvalue weighted by Gasteiger charge is -2.62. The summed E-state index contributed by atoms with van der Waals surface area (Å²) in [6, 6.07) is 0. The van der Waals surface area contributed by atoms with Gasteiger partial charge in [0.25, 0.3) is 20.2 Å². The largest absolute Gasteiger partial charge is 0.393 e. The average molecular weight is 1130 g/mol. The van der Waals surface area contributed by atoms with E-state index >= 15 is 0 Å². The van der Waals surface area contributed by atoms with Crippen molar-refractivity contribution < 1.29 is 55.3 Å². The predicted molar refractivity (Wildman–Crippen MR) is 301 cm³/mol. The number of aliphatic hydroxyl groups is 2. The molecule has 78 heavy (non-hydrogen) atoms. The first-order valence-electron chi connectivity index (χ1n) is 31.5. The molecule has 2 amide bonds. The van der Waals surface area contributed by atoms with Crippen LogP contribution in [0.1, 0.15) is 208 Å². The van der Waals surface area contributed by atoms with Crippen molar-refractivity contribution in [3.05, 3.63) is 0 Å². The number of carbonyl (C=O) groups excluding carboxylic acids is 4. The van der Waals surface area contributed by atoms with E-state index in [9.17, 15) is 55.3 Å². The van der Waals surface area contributed by atoms with Crippen LogP contribution in [0.25, 0.3) is 0 Å². The van der Waals surface area contributed by atoms with Crippen molar-refractivity contribution in [3.8, 4) is 0 Å². The SMILES string of the molecule is C[C@H]1CCCN(CCS(=O)(=O)O)C(=O)CCCC(=O)N(CCS(=O)(=O)O)CCC[C@H](C)[C@H]2CC[C@H]3[C@@H]4[C@@H](O)CC5C[C@@H](CC[C@]5(C)[C@H]4CC[C@]23C)CC(=O)CC(=O)C[C@H]2CC[C@]3(C)C(C2)C[C@@H](O)[C@@H]2[C@H]4CC[C@H]1[C@]4(C)CC[C@H]23. The van der Waals surface area contributed by atoms with Gasteiger partial charge in [-0.05, 0) is 239 Å². The fourth-order valence-electron chi connectivity index (χ4n) is 21.4. The summed E-state index contributed by atoms with van der Waals surface area (Å²) in [5.74, 6) is 3.20. The van der Waals surface area contributed by atoms with Crippen LogP contribution in [-0.4, -0.2) is 119 Å². The molecule has 0 aromatic carbocycles. The third kappa shape index (κ3) is 12.5. The molecule has 12 fully saturated rings. The lowest BCUT2D eigenvalue weighted by molar-refractivity contribution is -0.170. The van der Waals surface area contributed by atoms with Crippen molar-refractivity contribution in [3.63, 3.8) is 0 Å². The van der Waals surface area contributed by atoms with Gasteiger partial charge >= 0.3 is 0 Å². The quantitative estimate of drug-likeness (QED) is 0.144. The van der Waals surface area contributed by atoms with Crippen LogP contribution in [-0.2, 0) is 39.4 Å². The van der Waals surface area contributed by atoms with Gasteiger partial charge in [0.15, 0.2) is 0 Å².